The van der Waals surface area contributed by atoms with Crippen LogP contribution in [0.1, 0.15) is 31.1 Å². The van der Waals surface area contributed by atoms with Crippen LogP contribution < -0.4 is 10.0 Å². The van der Waals surface area contributed by atoms with Crippen molar-refractivity contribution in [2.45, 2.75) is 37.8 Å². The summed E-state index contributed by atoms with van der Waals surface area (Å²) in [6.07, 6.45) is 0. The lowest BCUT2D eigenvalue weighted by atomic mass is 10.2. The van der Waals surface area contributed by atoms with Gasteiger partial charge in [0.05, 0.1) is 16.4 Å². The minimum atomic E-state index is -3.75. The smallest absolute Gasteiger partial charge is 0.251 e. The van der Waals surface area contributed by atoms with Crippen LogP contribution in [0.25, 0.3) is 0 Å². The molecule has 0 bridgehead atoms. The molecule has 156 valence electrons. The largest absolute Gasteiger partial charge is 0.341 e. The summed E-state index contributed by atoms with van der Waals surface area (Å²) in [5.74, 6) is -1.16. The summed E-state index contributed by atoms with van der Waals surface area (Å²) in [6.45, 7) is 5.07. The molecule has 0 aliphatic carbocycles. The topological polar surface area (TPSA) is 130 Å². The van der Waals surface area contributed by atoms with E-state index in [1.54, 1.807) is 13.8 Å². The summed E-state index contributed by atoms with van der Waals surface area (Å²) in [6, 6.07) is 4.35. The van der Waals surface area contributed by atoms with Crippen LogP contribution in [0.2, 0.25) is 0 Å². The van der Waals surface area contributed by atoms with Crippen molar-refractivity contribution in [3.63, 3.8) is 0 Å². The van der Waals surface area contributed by atoms with E-state index in [1.165, 1.54) is 36.1 Å². The van der Waals surface area contributed by atoms with Crippen molar-refractivity contribution in [1.29, 1.82) is 0 Å². The number of hydrogen-bond acceptors (Lipinski definition) is 6. The van der Waals surface area contributed by atoms with Crippen LogP contribution in [0, 0.1) is 0 Å². The van der Waals surface area contributed by atoms with Gasteiger partial charge in [-0.2, -0.15) is 0 Å². The Morgan fingerprint density at radius 1 is 1.11 bits per heavy atom. The molecule has 28 heavy (non-hydrogen) atoms. The number of rotatable bonds is 6. The molecule has 1 fully saturated rings. The van der Waals surface area contributed by atoms with Crippen LogP contribution in [0.4, 0.5) is 0 Å². The number of hydrogen-bond donors (Lipinski definition) is 2. The lowest BCUT2D eigenvalue weighted by Crippen LogP contribution is -2.51. The van der Waals surface area contributed by atoms with Crippen molar-refractivity contribution in [3.8, 4) is 0 Å². The highest BCUT2D eigenvalue weighted by Gasteiger charge is 2.28. The third kappa shape index (κ3) is 5.76. The van der Waals surface area contributed by atoms with Gasteiger partial charge in [0.1, 0.15) is 6.04 Å². The van der Waals surface area contributed by atoms with E-state index in [4.69, 9.17) is 0 Å². The quantitative estimate of drug-likeness (QED) is 0.639. The number of sulfonamides is 1. The third-order valence-corrected chi connectivity index (χ3v) is 7.44. The Morgan fingerprint density at radius 3 is 2.29 bits per heavy atom. The lowest BCUT2D eigenvalue weighted by Gasteiger charge is -2.29. The van der Waals surface area contributed by atoms with Crippen LogP contribution in [-0.2, 0) is 24.7 Å². The first-order valence-electron chi connectivity index (χ1n) is 8.84. The average molecular weight is 432 g/mol. The Morgan fingerprint density at radius 2 is 1.71 bits per heavy atom. The summed E-state index contributed by atoms with van der Waals surface area (Å²) < 4.78 is 49.9. The van der Waals surface area contributed by atoms with Gasteiger partial charge in [-0.05, 0) is 39.0 Å². The second kappa shape index (κ2) is 8.58. The zero-order valence-corrected chi connectivity index (χ0v) is 17.6. The van der Waals surface area contributed by atoms with Crippen LogP contribution >= 0.6 is 0 Å². The van der Waals surface area contributed by atoms with E-state index in [-0.39, 0.29) is 47.0 Å². The maximum atomic E-state index is 12.5. The van der Waals surface area contributed by atoms with E-state index < -0.39 is 31.8 Å². The van der Waals surface area contributed by atoms with Gasteiger partial charge >= 0.3 is 0 Å². The van der Waals surface area contributed by atoms with E-state index >= 15 is 0 Å². The van der Waals surface area contributed by atoms with E-state index in [0.29, 0.717) is 0 Å². The molecule has 0 radical (unpaired) electrons. The number of nitrogens with zero attached hydrogens (tertiary/aromatic N) is 1. The molecule has 1 atom stereocenters. The van der Waals surface area contributed by atoms with Gasteiger partial charge in [0, 0.05) is 24.7 Å². The zero-order valence-electron chi connectivity index (χ0n) is 16.0. The first-order chi connectivity index (χ1) is 12.9. The molecule has 1 saturated heterocycles. The third-order valence-electron chi connectivity index (χ3n) is 4.17. The molecule has 2 amide bonds. The highest BCUT2D eigenvalue weighted by Crippen LogP contribution is 2.13. The number of benzene rings is 1. The number of carbonyl (C=O) groups excluding carboxylic acids is 2. The van der Waals surface area contributed by atoms with Crippen molar-refractivity contribution < 1.29 is 26.4 Å². The minimum Gasteiger partial charge on any atom is -0.341 e. The molecule has 1 aliphatic heterocycles. The zero-order chi connectivity index (χ0) is 21.1. The van der Waals surface area contributed by atoms with E-state index in [1.807, 2.05) is 0 Å². The Hall–Kier alpha value is -1.98. The lowest BCUT2D eigenvalue weighted by molar-refractivity contribution is -0.132. The van der Waals surface area contributed by atoms with Crippen molar-refractivity contribution in [2.24, 2.45) is 0 Å². The van der Waals surface area contributed by atoms with Gasteiger partial charge in [-0.1, -0.05) is 6.07 Å². The van der Waals surface area contributed by atoms with E-state index in [0.717, 1.165) is 0 Å². The SMILES string of the molecule is CC(C)NS(=O)(=O)c1cccc(C(=O)NC(C)C(=O)N2CCS(=O)(=O)CC2)c1. The highest BCUT2D eigenvalue weighted by molar-refractivity contribution is 7.91. The van der Waals surface area contributed by atoms with Crippen molar-refractivity contribution in [1.82, 2.24) is 14.9 Å². The molecule has 1 unspecified atom stereocenters. The summed E-state index contributed by atoms with van der Waals surface area (Å²) in [5.41, 5.74) is 0.104. The second-order valence-corrected chi connectivity index (χ2v) is 11.0. The number of amides is 2. The fourth-order valence-corrected chi connectivity index (χ4v) is 5.23. The molecule has 9 nitrogen and oxygen atoms in total. The number of carbonyl (C=O) groups is 2. The highest BCUT2D eigenvalue weighted by atomic mass is 32.2. The molecule has 0 spiro atoms. The summed E-state index contributed by atoms with van der Waals surface area (Å²) in [4.78, 5) is 26.2. The fourth-order valence-electron chi connectivity index (χ4n) is 2.73. The second-order valence-electron chi connectivity index (χ2n) is 6.98. The van der Waals surface area contributed by atoms with Crippen molar-refractivity contribution in [2.75, 3.05) is 24.6 Å². The first-order valence-corrected chi connectivity index (χ1v) is 12.1. The van der Waals surface area contributed by atoms with Crippen LogP contribution in [0.5, 0.6) is 0 Å². The predicted octanol–water partition coefficient (Wildman–Crippen LogP) is -0.251. The van der Waals surface area contributed by atoms with Gasteiger partial charge in [0.2, 0.25) is 15.9 Å². The van der Waals surface area contributed by atoms with E-state index in [2.05, 4.69) is 10.0 Å². The van der Waals surface area contributed by atoms with Gasteiger partial charge in [-0.15, -0.1) is 0 Å². The molecule has 0 aromatic heterocycles. The van der Waals surface area contributed by atoms with Gasteiger partial charge in [0.15, 0.2) is 9.84 Å². The Labute approximate surface area is 165 Å². The molecule has 11 heteroatoms. The van der Waals surface area contributed by atoms with Gasteiger partial charge in [0.25, 0.3) is 5.91 Å². The maximum Gasteiger partial charge on any atom is 0.251 e. The molecule has 1 aromatic carbocycles. The van der Waals surface area contributed by atoms with Crippen LogP contribution in [0.3, 0.4) is 0 Å². The predicted molar refractivity (Wildman–Crippen MR) is 104 cm³/mol. The van der Waals surface area contributed by atoms with Crippen LogP contribution in [0.15, 0.2) is 29.2 Å². The molecule has 1 heterocycles. The standard InChI is InChI=1S/C17H25N3O6S2/c1-12(2)19-28(25,26)15-6-4-5-14(11-15)16(21)18-13(3)17(22)20-7-9-27(23,24)10-8-20/h4-6,11-13,19H,7-10H2,1-3H3,(H,18,21). The Kier molecular flexibility index (Phi) is 6.84. The number of sulfone groups is 1. The van der Waals surface area contributed by atoms with Crippen molar-refractivity contribution in [3.05, 3.63) is 29.8 Å². The molecule has 2 rings (SSSR count). The van der Waals surface area contributed by atoms with E-state index in [9.17, 15) is 26.4 Å². The normalized spacial score (nSPS) is 17.9. The van der Waals surface area contributed by atoms with Crippen LogP contribution in [-0.4, -0.2) is 70.2 Å². The Balaban J connectivity index is 2.06. The summed E-state index contributed by atoms with van der Waals surface area (Å²) >= 11 is 0. The summed E-state index contributed by atoms with van der Waals surface area (Å²) in [5, 5.41) is 2.54. The van der Waals surface area contributed by atoms with Gasteiger partial charge in [-0.3, -0.25) is 9.59 Å². The minimum absolute atomic E-state index is 0.0472. The van der Waals surface area contributed by atoms with Gasteiger partial charge < -0.3 is 10.2 Å². The Bertz CT molecular complexity index is 943. The molecule has 1 aliphatic rings. The summed E-state index contributed by atoms with van der Waals surface area (Å²) in [7, 11) is -6.86. The molecular formula is C17H25N3O6S2. The molecule has 2 N–H and O–H groups in total. The first kappa shape index (κ1) is 22.3. The fraction of sp³-hybridized carbons (Fsp3) is 0.529. The molecular weight excluding hydrogens is 406 g/mol. The maximum absolute atomic E-state index is 12.5. The van der Waals surface area contributed by atoms with Gasteiger partial charge in [-0.25, -0.2) is 21.6 Å². The monoisotopic (exact) mass is 431 g/mol. The molecule has 1 aromatic rings. The van der Waals surface area contributed by atoms with Crippen molar-refractivity contribution >= 4 is 31.7 Å². The molecule has 0 saturated carbocycles. The number of nitrogens with one attached hydrogen (secondary N) is 2. The average Bonchev–Trinajstić information content (AvgIpc) is 2.60.